The van der Waals surface area contributed by atoms with E-state index in [9.17, 15) is 0 Å². The van der Waals surface area contributed by atoms with Gasteiger partial charge >= 0.3 is 0 Å². The number of benzene rings is 1. The lowest BCUT2D eigenvalue weighted by atomic mass is 10.0. The van der Waals surface area contributed by atoms with Crippen LogP contribution < -0.4 is 0 Å². The van der Waals surface area contributed by atoms with E-state index in [1.807, 2.05) is 19.2 Å². The number of fused-ring (bicyclic) bond motifs is 1. The third kappa shape index (κ3) is 1.43. The summed E-state index contributed by atoms with van der Waals surface area (Å²) in [6, 6.07) is 10.4. The molecule has 1 aromatic carbocycles. The largest absolute Gasteiger partial charge is 0.285 e. The van der Waals surface area contributed by atoms with Crippen molar-refractivity contribution in [3.63, 3.8) is 0 Å². The lowest BCUT2D eigenvalue weighted by Crippen LogP contribution is -1.91. The zero-order valence-electron chi connectivity index (χ0n) is 9.14. The molecular formula is C14H12N2. The number of aliphatic imine (C=N–C) groups is 1. The first-order chi connectivity index (χ1) is 7.84. The Morgan fingerprint density at radius 2 is 2.00 bits per heavy atom. The molecule has 3 rings (SSSR count). The van der Waals surface area contributed by atoms with Gasteiger partial charge in [-0.15, -0.1) is 0 Å². The van der Waals surface area contributed by atoms with Crippen LogP contribution in [0.15, 0.2) is 47.6 Å². The molecule has 78 valence electrons. The zero-order chi connectivity index (χ0) is 11.0. The van der Waals surface area contributed by atoms with E-state index in [2.05, 4.69) is 40.3 Å². The summed E-state index contributed by atoms with van der Waals surface area (Å²) in [5.41, 5.74) is 3.37. The smallest absolute Gasteiger partial charge is 0.0759 e. The first kappa shape index (κ1) is 9.28. The van der Waals surface area contributed by atoms with Gasteiger partial charge in [0.15, 0.2) is 0 Å². The topological polar surface area (TPSA) is 25.2 Å². The Labute approximate surface area is 94.4 Å². The average Bonchev–Trinajstić information content (AvgIpc) is 2.75. The first-order valence-corrected chi connectivity index (χ1v) is 5.40. The number of hydrogen-bond acceptors (Lipinski definition) is 2. The van der Waals surface area contributed by atoms with E-state index < -0.39 is 0 Å². The number of rotatable bonds is 1. The normalized spacial score (nSPS) is 15.1. The number of aromatic nitrogens is 1. The molecule has 0 bridgehead atoms. The van der Waals surface area contributed by atoms with Gasteiger partial charge in [0.05, 0.1) is 12.2 Å². The molecule has 2 heterocycles. The van der Waals surface area contributed by atoms with Gasteiger partial charge in [0.2, 0.25) is 0 Å². The molecule has 0 atom stereocenters. The summed E-state index contributed by atoms with van der Waals surface area (Å²) in [6.45, 7) is 2.78. The Bertz CT molecular complexity index is 604. The van der Waals surface area contributed by atoms with Gasteiger partial charge in [0.25, 0.3) is 0 Å². The van der Waals surface area contributed by atoms with Crippen LogP contribution in [0.25, 0.3) is 16.3 Å². The molecule has 0 amide bonds. The van der Waals surface area contributed by atoms with Gasteiger partial charge in [-0.2, -0.15) is 0 Å². The second-order valence-electron chi connectivity index (χ2n) is 4.01. The van der Waals surface area contributed by atoms with E-state index in [0.29, 0.717) is 0 Å². The summed E-state index contributed by atoms with van der Waals surface area (Å²) in [5, 5.41) is 2.44. The highest BCUT2D eigenvalue weighted by Gasteiger charge is 2.11. The molecule has 0 unspecified atom stereocenters. The fourth-order valence-corrected chi connectivity index (χ4v) is 2.07. The number of pyridine rings is 1. The lowest BCUT2D eigenvalue weighted by Gasteiger charge is -2.05. The summed E-state index contributed by atoms with van der Waals surface area (Å²) in [6.07, 6.45) is 3.99. The monoisotopic (exact) mass is 208 g/mol. The quantitative estimate of drug-likeness (QED) is 0.707. The molecule has 0 fully saturated rings. The van der Waals surface area contributed by atoms with E-state index >= 15 is 0 Å². The molecule has 0 N–H and O–H groups in total. The highest BCUT2D eigenvalue weighted by atomic mass is 14.8. The molecule has 0 spiro atoms. The van der Waals surface area contributed by atoms with Crippen molar-refractivity contribution in [2.75, 3.05) is 6.54 Å². The van der Waals surface area contributed by atoms with Gasteiger partial charge in [-0.3, -0.25) is 9.98 Å². The van der Waals surface area contributed by atoms with Crippen LogP contribution in [0.3, 0.4) is 0 Å². The standard InChI is InChI=1S/C14H12N2/c1-10-8-12(9-16-10)14-13-5-3-2-4-11(13)6-7-15-14/h2-8H,9H2,1H3. The van der Waals surface area contributed by atoms with Gasteiger partial charge in [-0.1, -0.05) is 24.3 Å². The Morgan fingerprint density at radius 3 is 2.81 bits per heavy atom. The van der Waals surface area contributed by atoms with Gasteiger partial charge in [0.1, 0.15) is 0 Å². The van der Waals surface area contributed by atoms with Crippen LogP contribution in [0.5, 0.6) is 0 Å². The summed E-state index contributed by atoms with van der Waals surface area (Å²) >= 11 is 0. The summed E-state index contributed by atoms with van der Waals surface area (Å²) in [5.74, 6) is 0. The lowest BCUT2D eigenvalue weighted by molar-refractivity contribution is 1.23. The van der Waals surface area contributed by atoms with Crippen molar-refractivity contribution >= 4 is 22.1 Å². The minimum atomic E-state index is 0.757. The predicted octanol–water partition coefficient (Wildman–Crippen LogP) is 3.09. The van der Waals surface area contributed by atoms with Gasteiger partial charge < -0.3 is 0 Å². The van der Waals surface area contributed by atoms with E-state index in [0.717, 1.165) is 18.0 Å². The van der Waals surface area contributed by atoms with Crippen molar-refractivity contribution < 1.29 is 0 Å². The minimum Gasteiger partial charge on any atom is -0.285 e. The van der Waals surface area contributed by atoms with Crippen molar-refractivity contribution in [1.82, 2.24) is 4.98 Å². The number of allylic oxidation sites excluding steroid dienone is 1. The van der Waals surface area contributed by atoms with Crippen molar-refractivity contribution in [2.45, 2.75) is 6.92 Å². The molecule has 2 nitrogen and oxygen atoms in total. The van der Waals surface area contributed by atoms with Crippen LogP contribution >= 0.6 is 0 Å². The third-order valence-corrected chi connectivity index (χ3v) is 2.86. The van der Waals surface area contributed by atoms with Crippen LogP contribution in [0.1, 0.15) is 12.6 Å². The molecule has 0 radical (unpaired) electrons. The Hall–Kier alpha value is -1.96. The molecule has 2 aromatic rings. The van der Waals surface area contributed by atoms with Crippen LogP contribution in [0.2, 0.25) is 0 Å². The maximum absolute atomic E-state index is 4.48. The fourth-order valence-electron chi connectivity index (χ4n) is 2.07. The molecule has 2 heteroatoms. The molecule has 1 aliphatic rings. The SMILES string of the molecule is CC1=NCC(c2nccc3ccccc23)=C1. The Balaban J connectivity index is 2.21. The molecule has 0 saturated heterocycles. The Morgan fingerprint density at radius 1 is 1.12 bits per heavy atom. The van der Waals surface area contributed by atoms with E-state index in [1.165, 1.54) is 16.3 Å². The molecule has 16 heavy (non-hydrogen) atoms. The first-order valence-electron chi connectivity index (χ1n) is 5.40. The van der Waals surface area contributed by atoms with E-state index in [1.54, 1.807) is 0 Å². The Kier molecular flexibility index (Phi) is 2.07. The number of hydrogen-bond donors (Lipinski definition) is 0. The van der Waals surface area contributed by atoms with Crippen molar-refractivity contribution in [2.24, 2.45) is 4.99 Å². The molecule has 0 aliphatic carbocycles. The van der Waals surface area contributed by atoms with Gasteiger partial charge in [-0.25, -0.2) is 0 Å². The van der Waals surface area contributed by atoms with Crippen LogP contribution in [-0.2, 0) is 0 Å². The predicted molar refractivity (Wildman–Crippen MR) is 67.7 cm³/mol. The highest BCUT2D eigenvalue weighted by Crippen LogP contribution is 2.25. The van der Waals surface area contributed by atoms with Gasteiger partial charge in [-0.05, 0) is 24.5 Å². The maximum Gasteiger partial charge on any atom is 0.0759 e. The molecule has 1 aromatic heterocycles. The van der Waals surface area contributed by atoms with Crippen LogP contribution in [0, 0.1) is 0 Å². The summed E-state index contributed by atoms with van der Waals surface area (Å²) < 4.78 is 0. The molecular weight excluding hydrogens is 196 g/mol. The second-order valence-corrected chi connectivity index (χ2v) is 4.01. The molecule has 0 saturated carbocycles. The van der Waals surface area contributed by atoms with Gasteiger partial charge in [0, 0.05) is 22.9 Å². The van der Waals surface area contributed by atoms with Crippen molar-refractivity contribution in [1.29, 1.82) is 0 Å². The van der Waals surface area contributed by atoms with E-state index in [4.69, 9.17) is 0 Å². The summed E-state index contributed by atoms with van der Waals surface area (Å²) in [7, 11) is 0. The fraction of sp³-hybridized carbons (Fsp3) is 0.143. The van der Waals surface area contributed by atoms with Crippen molar-refractivity contribution in [3.8, 4) is 0 Å². The summed E-state index contributed by atoms with van der Waals surface area (Å²) in [4.78, 5) is 8.87. The minimum absolute atomic E-state index is 0.757. The van der Waals surface area contributed by atoms with Crippen LogP contribution in [0.4, 0.5) is 0 Å². The maximum atomic E-state index is 4.48. The second kappa shape index (κ2) is 3.56. The highest BCUT2D eigenvalue weighted by molar-refractivity contribution is 6.05. The van der Waals surface area contributed by atoms with Crippen molar-refractivity contribution in [3.05, 3.63) is 48.3 Å². The molecule has 1 aliphatic heterocycles. The van der Waals surface area contributed by atoms with Crippen LogP contribution in [-0.4, -0.2) is 17.2 Å². The average molecular weight is 208 g/mol. The third-order valence-electron chi connectivity index (χ3n) is 2.86. The zero-order valence-corrected chi connectivity index (χ0v) is 9.14. The van der Waals surface area contributed by atoms with E-state index in [-0.39, 0.29) is 0 Å². The number of nitrogens with zero attached hydrogens (tertiary/aromatic N) is 2.